The second kappa shape index (κ2) is 4.32. The molecule has 0 N–H and O–H groups in total. The van der Waals surface area contributed by atoms with Crippen molar-refractivity contribution in [2.45, 2.75) is 19.4 Å². The summed E-state index contributed by atoms with van der Waals surface area (Å²) >= 11 is 0. The van der Waals surface area contributed by atoms with E-state index in [-0.39, 0.29) is 23.9 Å². The number of carbonyl (C=O) groups excluding carboxylic acids is 2. The Hall–Kier alpha value is -2.36. The van der Waals surface area contributed by atoms with Crippen molar-refractivity contribution in [3.63, 3.8) is 0 Å². The van der Waals surface area contributed by atoms with Crippen LogP contribution in [0.1, 0.15) is 13.3 Å². The Bertz CT molecular complexity index is 750. The van der Waals surface area contributed by atoms with Crippen molar-refractivity contribution >= 4 is 28.4 Å². The molecule has 2 fully saturated rings. The number of imide groups is 1. The number of urea groups is 1. The lowest BCUT2D eigenvalue weighted by molar-refractivity contribution is -0.120. The summed E-state index contributed by atoms with van der Waals surface area (Å²) in [7, 11) is 0. The first-order valence-corrected chi connectivity index (χ1v) is 7.31. The van der Waals surface area contributed by atoms with Gasteiger partial charge in [0.1, 0.15) is 6.04 Å². The minimum absolute atomic E-state index is 0.0821. The first-order valence-electron chi connectivity index (χ1n) is 7.31. The molecule has 0 aromatic heterocycles. The standard InChI is InChI=1S/C17H16N2O2/c1-11-9-10-18-15(11)16(20)19(17(18)21)14-8-4-6-12-5-2-3-7-13(12)14/h2-8,11,15H,9-10H2,1H3. The number of nitrogens with zero attached hydrogens (tertiary/aromatic N) is 2. The minimum atomic E-state index is -0.281. The number of rotatable bonds is 1. The third kappa shape index (κ3) is 1.62. The summed E-state index contributed by atoms with van der Waals surface area (Å²) in [6, 6.07) is 13.1. The molecule has 0 bridgehead atoms. The number of hydrogen-bond acceptors (Lipinski definition) is 2. The molecule has 0 aliphatic carbocycles. The number of carbonyl (C=O) groups is 2. The summed E-state index contributed by atoms with van der Waals surface area (Å²) in [6.07, 6.45) is 0.908. The van der Waals surface area contributed by atoms with Gasteiger partial charge < -0.3 is 4.90 Å². The quantitative estimate of drug-likeness (QED) is 0.753. The van der Waals surface area contributed by atoms with Crippen molar-refractivity contribution in [3.8, 4) is 0 Å². The lowest BCUT2D eigenvalue weighted by Gasteiger charge is -2.17. The van der Waals surface area contributed by atoms with Gasteiger partial charge in [-0.15, -0.1) is 0 Å². The molecule has 21 heavy (non-hydrogen) atoms. The van der Waals surface area contributed by atoms with Gasteiger partial charge in [-0.25, -0.2) is 9.69 Å². The maximum absolute atomic E-state index is 12.7. The van der Waals surface area contributed by atoms with E-state index >= 15 is 0 Å². The average molecular weight is 280 g/mol. The van der Waals surface area contributed by atoms with E-state index < -0.39 is 0 Å². The minimum Gasteiger partial charge on any atom is -0.312 e. The predicted octanol–water partition coefficient (Wildman–Crippen LogP) is 3.02. The van der Waals surface area contributed by atoms with Crippen LogP contribution in [0.5, 0.6) is 0 Å². The van der Waals surface area contributed by atoms with Crippen molar-refractivity contribution in [1.82, 2.24) is 4.90 Å². The lowest BCUT2D eigenvalue weighted by atomic mass is 10.0. The number of fused-ring (bicyclic) bond motifs is 2. The van der Waals surface area contributed by atoms with Crippen LogP contribution in [-0.4, -0.2) is 29.4 Å². The zero-order valence-electron chi connectivity index (χ0n) is 11.8. The molecular formula is C17H16N2O2. The van der Waals surface area contributed by atoms with E-state index in [0.717, 1.165) is 17.2 Å². The molecule has 106 valence electrons. The maximum atomic E-state index is 12.7. The van der Waals surface area contributed by atoms with Gasteiger partial charge in [-0.1, -0.05) is 43.3 Å². The van der Waals surface area contributed by atoms with Crippen LogP contribution in [0, 0.1) is 5.92 Å². The van der Waals surface area contributed by atoms with Crippen molar-refractivity contribution in [3.05, 3.63) is 42.5 Å². The van der Waals surface area contributed by atoms with Gasteiger partial charge in [-0.2, -0.15) is 0 Å². The molecule has 0 spiro atoms. The second-order valence-corrected chi connectivity index (χ2v) is 5.86. The van der Waals surface area contributed by atoms with Crippen molar-refractivity contribution in [2.75, 3.05) is 11.4 Å². The Kier molecular flexibility index (Phi) is 2.55. The molecule has 2 atom stereocenters. The zero-order chi connectivity index (χ0) is 14.6. The molecule has 4 nitrogen and oxygen atoms in total. The molecule has 2 aromatic carbocycles. The van der Waals surface area contributed by atoms with Crippen molar-refractivity contribution in [2.24, 2.45) is 5.92 Å². The van der Waals surface area contributed by atoms with Crippen LogP contribution in [0.25, 0.3) is 10.8 Å². The van der Waals surface area contributed by atoms with Crippen LogP contribution in [0.15, 0.2) is 42.5 Å². The summed E-state index contributed by atoms with van der Waals surface area (Å²) in [6.45, 7) is 2.72. The summed E-state index contributed by atoms with van der Waals surface area (Å²) < 4.78 is 0. The Balaban J connectivity index is 1.86. The fourth-order valence-corrected chi connectivity index (χ4v) is 3.52. The summed E-state index contributed by atoms with van der Waals surface area (Å²) in [5.74, 6) is 0.155. The average Bonchev–Trinajstić information content (AvgIpc) is 2.99. The van der Waals surface area contributed by atoms with E-state index in [2.05, 4.69) is 0 Å². The maximum Gasteiger partial charge on any atom is 0.332 e. The van der Waals surface area contributed by atoms with Crippen molar-refractivity contribution < 1.29 is 9.59 Å². The zero-order valence-corrected chi connectivity index (χ0v) is 11.8. The summed E-state index contributed by atoms with van der Waals surface area (Å²) in [5, 5.41) is 1.98. The van der Waals surface area contributed by atoms with Gasteiger partial charge in [-0.05, 0) is 23.8 Å². The highest BCUT2D eigenvalue weighted by Gasteiger charge is 2.51. The molecule has 2 unspecified atom stereocenters. The number of anilines is 1. The normalized spacial score (nSPS) is 25.0. The smallest absolute Gasteiger partial charge is 0.312 e. The molecule has 2 heterocycles. The van der Waals surface area contributed by atoms with Crippen LogP contribution in [0.4, 0.5) is 10.5 Å². The van der Waals surface area contributed by atoms with Crippen LogP contribution >= 0.6 is 0 Å². The molecule has 0 saturated carbocycles. The van der Waals surface area contributed by atoms with Gasteiger partial charge in [0.15, 0.2) is 0 Å². The van der Waals surface area contributed by atoms with Gasteiger partial charge in [0.05, 0.1) is 5.69 Å². The molecule has 2 aliphatic rings. The molecule has 3 amide bonds. The van der Waals surface area contributed by atoms with Gasteiger partial charge in [0.25, 0.3) is 5.91 Å². The molecule has 0 radical (unpaired) electrons. The van der Waals surface area contributed by atoms with E-state index in [0.29, 0.717) is 12.2 Å². The highest BCUT2D eigenvalue weighted by atomic mass is 16.2. The van der Waals surface area contributed by atoms with Gasteiger partial charge in [-0.3, -0.25) is 4.79 Å². The Morgan fingerprint density at radius 1 is 1.05 bits per heavy atom. The Labute approximate surface area is 122 Å². The number of hydrogen-bond donors (Lipinski definition) is 0. The van der Waals surface area contributed by atoms with Crippen LogP contribution in [0.3, 0.4) is 0 Å². The SMILES string of the molecule is CC1CCN2C(=O)N(c3cccc4ccccc34)C(=O)C12. The van der Waals surface area contributed by atoms with E-state index in [1.165, 1.54) is 4.90 Å². The van der Waals surface area contributed by atoms with E-state index in [1.54, 1.807) is 4.90 Å². The second-order valence-electron chi connectivity index (χ2n) is 5.86. The molecule has 2 aliphatic heterocycles. The molecule has 4 heteroatoms. The largest absolute Gasteiger partial charge is 0.332 e. The molecule has 2 saturated heterocycles. The molecule has 4 rings (SSSR count). The first kappa shape index (κ1) is 12.4. The monoisotopic (exact) mass is 280 g/mol. The molecule has 2 aromatic rings. The van der Waals surface area contributed by atoms with Gasteiger partial charge in [0, 0.05) is 11.9 Å². The first-order chi connectivity index (χ1) is 10.2. The highest BCUT2D eigenvalue weighted by Crippen LogP contribution is 2.37. The fourth-order valence-electron chi connectivity index (χ4n) is 3.52. The lowest BCUT2D eigenvalue weighted by Crippen LogP contribution is -2.33. The summed E-state index contributed by atoms with van der Waals surface area (Å²) in [4.78, 5) is 28.4. The van der Waals surface area contributed by atoms with E-state index in [9.17, 15) is 9.59 Å². The van der Waals surface area contributed by atoms with Crippen LogP contribution in [-0.2, 0) is 4.79 Å². The van der Waals surface area contributed by atoms with Crippen LogP contribution in [0.2, 0.25) is 0 Å². The molecular weight excluding hydrogens is 264 g/mol. The van der Waals surface area contributed by atoms with Gasteiger partial charge in [0.2, 0.25) is 0 Å². The Morgan fingerprint density at radius 3 is 2.62 bits per heavy atom. The van der Waals surface area contributed by atoms with Crippen molar-refractivity contribution in [1.29, 1.82) is 0 Å². The van der Waals surface area contributed by atoms with Crippen LogP contribution < -0.4 is 4.90 Å². The van der Waals surface area contributed by atoms with E-state index in [4.69, 9.17) is 0 Å². The van der Waals surface area contributed by atoms with E-state index in [1.807, 2.05) is 49.4 Å². The third-order valence-electron chi connectivity index (χ3n) is 4.62. The highest BCUT2D eigenvalue weighted by molar-refractivity contribution is 6.24. The number of amides is 3. The van der Waals surface area contributed by atoms with Gasteiger partial charge >= 0.3 is 6.03 Å². The summed E-state index contributed by atoms with van der Waals surface area (Å²) in [5.41, 5.74) is 0.699. The third-order valence-corrected chi connectivity index (χ3v) is 4.62. The fraction of sp³-hybridized carbons (Fsp3) is 0.294. The number of benzene rings is 2. The predicted molar refractivity (Wildman–Crippen MR) is 81.1 cm³/mol. The topological polar surface area (TPSA) is 40.6 Å². The Morgan fingerprint density at radius 2 is 1.81 bits per heavy atom.